The molecule has 1 rings (SSSR count). The molecule has 0 saturated heterocycles. The quantitative estimate of drug-likeness (QED) is 0.458. The van der Waals surface area contributed by atoms with Gasteiger partial charge in [-0.3, -0.25) is 4.52 Å². The molecule has 0 unspecified atom stereocenters. The summed E-state index contributed by atoms with van der Waals surface area (Å²) in [6.45, 7) is -0.478. The third-order valence-electron chi connectivity index (χ3n) is 1.40. The third-order valence-corrected chi connectivity index (χ3v) is 1.92. The lowest BCUT2D eigenvalue weighted by molar-refractivity contribution is 0.155. The minimum absolute atomic E-state index is 0.0429. The highest BCUT2D eigenvalue weighted by Crippen LogP contribution is 2.35. The first-order valence-electron chi connectivity index (χ1n) is 4.49. The van der Waals surface area contributed by atoms with Crippen molar-refractivity contribution < 1.29 is 33.1 Å². The van der Waals surface area contributed by atoms with E-state index in [4.69, 9.17) is 20.3 Å². The summed E-state index contributed by atoms with van der Waals surface area (Å²) in [5.74, 6) is 0.0429. The number of aromatic nitrogens is 2. The van der Waals surface area contributed by atoms with E-state index in [-0.39, 0.29) is 25.0 Å². The molecule has 1 amide bonds. The molecule has 0 bridgehead atoms. The van der Waals surface area contributed by atoms with Gasteiger partial charge < -0.3 is 25.0 Å². The number of phosphoric ester groups is 1. The van der Waals surface area contributed by atoms with Crippen molar-refractivity contribution >= 4 is 13.9 Å². The molecular weight excluding hydrogens is 269 g/mol. The van der Waals surface area contributed by atoms with Gasteiger partial charge >= 0.3 is 19.9 Å². The molecular formula is C7H10N3O7P. The highest BCUT2D eigenvalue weighted by molar-refractivity contribution is 7.46. The van der Waals surface area contributed by atoms with E-state index in [1.54, 1.807) is 0 Å². The summed E-state index contributed by atoms with van der Waals surface area (Å²) >= 11 is 0. The minimum atomic E-state index is -4.50. The smallest absolute Gasteiger partial charge is 0.461 e. The highest BCUT2D eigenvalue weighted by Gasteiger charge is 2.13. The summed E-state index contributed by atoms with van der Waals surface area (Å²) in [6, 6.07) is -0.0684. The van der Waals surface area contributed by atoms with Crippen molar-refractivity contribution in [3.63, 3.8) is 0 Å². The van der Waals surface area contributed by atoms with Crippen LogP contribution >= 0.6 is 7.82 Å². The first-order chi connectivity index (χ1) is 8.37. The van der Waals surface area contributed by atoms with Gasteiger partial charge in [0.2, 0.25) is 0 Å². The normalized spacial score (nSPS) is 11.0. The molecule has 0 spiro atoms. The molecule has 0 fully saturated rings. The number of rotatable bonds is 6. The predicted octanol–water partition coefficient (Wildman–Crippen LogP) is -0.578. The highest BCUT2D eigenvalue weighted by atomic mass is 31.2. The summed E-state index contributed by atoms with van der Waals surface area (Å²) in [5, 5.41) is 0. The van der Waals surface area contributed by atoms with Crippen LogP contribution in [0.2, 0.25) is 0 Å². The zero-order chi connectivity index (χ0) is 13.6. The third kappa shape index (κ3) is 6.11. The van der Waals surface area contributed by atoms with Crippen LogP contribution < -0.4 is 15.2 Å². The fraction of sp³-hybridized carbons (Fsp3) is 0.286. The Hall–Kier alpha value is -1.74. The van der Waals surface area contributed by atoms with Gasteiger partial charge in [0.05, 0.1) is 19.0 Å². The Labute approximate surface area is 101 Å². The average Bonchev–Trinajstić information content (AvgIpc) is 2.24. The Morgan fingerprint density at radius 3 is 2.44 bits per heavy atom. The number of hydrogen-bond acceptors (Lipinski definition) is 7. The van der Waals surface area contributed by atoms with E-state index in [9.17, 15) is 9.36 Å². The van der Waals surface area contributed by atoms with Crippen molar-refractivity contribution in [1.82, 2.24) is 9.97 Å². The van der Waals surface area contributed by atoms with Crippen LogP contribution in [0.1, 0.15) is 0 Å². The van der Waals surface area contributed by atoms with Crippen LogP contribution in [0.4, 0.5) is 4.79 Å². The summed E-state index contributed by atoms with van der Waals surface area (Å²) in [7, 11) is -4.50. The molecule has 1 aromatic heterocycles. The van der Waals surface area contributed by atoms with Gasteiger partial charge in [0, 0.05) is 0 Å². The number of phosphoric acid groups is 1. The zero-order valence-electron chi connectivity index (χ0n) is 8.92. The minimum Gasteiger partial charge on any atom is -0.461 e. The number of nitrogens with zero attached hydrogens (tertiary/aromatic N) is 2. The van der Waals surface area contributed by atoms with Gasteiger partial charge in [0.1, 0.15) is 6.61 Å². The van der Waals surface area contributed by atoms with Crippen LogP contribution in [0.5, 0.6) is 11.8 Å². The van der Waals surface area contributed by atoms with Gasteiger partial charge in [0.15, 0.2) is 5.75 Å². The van der Waals surface area contributed by atoms with Crippen molar-refractivity contribution in [2.45, 2.75) is 0 Å². The van der Waals surface area contributed by atoms with E-state index in [0.717, 1.165) is 12.4 Å². The van der Waals surface area contributed by atoms with Crippen molar-refractivity contribution in [2.24, 2.45) is 5.73 Å². The average molecular weight is 279 g/mol. The predicted molar refractivity (Wildman–Crippen MR) is 55.7 cm³/mol. The van der Waals surface area contributed by atoms with E-state index < -0.39 is 13.9 Å². The molecule has 4 N–H and O–H groups in total. The van der Waals surface area contributed by atoms with Crippen molar-refractivity contribution in [3.05, 3.63) is 12.4 Å². The van der Waals surface area contributed by atoms with Gasteiger partial charge in [-0.25, -0.2) is 9.36 Å². The number of amides is 1. The number of nitrogens with two attached hydrogens (primary N) is 1. The molecule has 11 heteroatoms. The van der Waals surface area contributed by atoms with E-state index >= 15 is 0 Å². The SMILES string of the molecule is NC(=O)Oc1cnc(OCCOP(=O)(O)O)nc1. The summed E-state index contributed by atoms with van der Waals surface area (Å²) in [4.78, 5) is 34.4. The van der Waals surface area contributed by atoms with Crippen molar-refractivity contribution in [3.8, 4) is 11.8 Å². The number of carbonyl (C=O) groups is 1. The first kappa shape index (κ1) is 14.3. The second-order valence-electron chi connectivity index (χ2n) is 2.79. The van der Waals surface area contributed by atoms with Gasteiger partial charge in [-0.1, -0.05) is 0 Å². The van der Waals surface area contributed by atoms with E-state index in [1.807, 2.05) is 0 Å². The van der Waals surface area contributed by atoms with Crippen molar-refractivity contribution in [2.75, 3.05) is 13.2 Å². The monoisotopic (exact) mass is 279 g/mol. The maximum Gasteiger partial charge on any atom is 0.469 e. The molecule has 18 heavy (non-hydrogen) atoms. The van der Waals surface area contributed by atoms with Crippen molar-refractivity contribution in [1.29, 1.82) is 0 Å². The molecule has 1 aromatic rings. The maximum atomic E-state index is 10.4. The second-order valence-corrected chi connectivity index (χ2v) is 4.03. The Morgan fingerprint density at radius 2 is 1.94 bits per heavy atom. The van der Waals surface area contributed by atoms with Gasteiger partial charge in [-0.2, -0.15) is 9.97 Å². The molecule has 0 radical (unpaired) electrons. The molecule has 1 heterocycles. The van der Waals surface area contributed by atoms with Crippen LogP contribution in [0.3, 0.4) is 0 Å². The number of ether oxygens (including phenoxy) is 2. The summed E-state index contributed by atoms with van der Waals surface area (Å²) in [6.07, 6.45) is 1.30. The molecule has 0 aliphatic carbocycles. The molecule has 0 aliphatic heterocycles. The lowest BCUT2D eigenvalue weighted by atomic mass is 10.6. The van der Waals surface area contributed by atoms with E-state index in [2.05, 4.69) is 19.2 Å². The Morgan fingerprint density at radius 1 is 1.33 bits per heavy atom. The second kappa shape index (κ2) is 6.26. The Kier molecular flexibility index (Phi) is 4.98. The van der Waals surface area contributed by atoms with Crippen LogP contribution in [0.15, 0.2) is 12.4 Å². The largest absolute Gasteiger partial charge is 0.469 e. The molecule has 0 aromatic carbocycles. The van der Waals surface area contributed by atoms with E-state index in [0.29, 0.717) is 0 Å². The Bertz CT molecular complexity index is 445. The fourth-order valence-corrected chi connectivity index (χ4v) is 1.15. The van der Waals surface area contributed by atoms with Gasteiger partial charge in [0.25, 0.3) is 0 Å². The number of primary amides is 1. The van der Waals surface area contributed by atoms with Crippen LogP contribution in [0, 0.1) is 0 Å². The fourth-order valence-electron chi connectivity index (χ4n) is 0.837. The maximum absolute atomic E-state index is 10.4. The first-order valence-corrected chi connectivity index (χ1v) is 6.02. The zero-order valence-corrected chi connectivity index (χ0v) is 9.82. The molecule has 10 nitrogen and oxygen atoms in total. The number of carbonyl (C=O) groups excluding carboxylic acids is 1. The van der Waals surface area contributed by atoms with E-state index in [1.165, 1.54) is 0 Å². The standard InChI is InChI=1S/C7H10N3O7P/c8-6(11)17-5-3-9-7(10-4-5)15-1-2-16-18(12,13)14/h3-4H,1-2H2,(H2,8,11)(H2,12,13,14). The van der Waals surface area contributed by atoms with Crippen LogP contribution in [-0.4, -0.2) is 39.1 Å². The van der Waals surface area contributed by atoms with Crippen LogP contribution in [-0.2, 0) is 9.09 Å². The Balaban J connectivity index is 2.35. The molecule has 0 aliphatic rings. The van der Waals surface area contributed by atoms with Gasteiger partial charge in [-0.05, 0) is 0 Å². The van der Waals surface area contributed by atoms with Gasteiger partial charge in [-0.15, -0.1) is 0 Å². The molecule has 0 atom stereocenters. The number of hydrogen-bond donors (Lipinski definition) is 3. The molecule has 0 saturated carbocycles. The molecule has 100 valence electrons. The topological polar surface area (TPSA) is 154 Å². The lowest BCUT2D eigenvalue weighted by Crippen LogP contribution is -2.16. The van der Waals surface area contributed by atoms with Crippen LogP contribution in [0.25, 0.3) is 0 Å². The lowest BCUT2D eigenvalue weighted by Gasteiger charge is -2.06. The summed E-state index contributed by atoms with van der Waals surface area (Å²) < 4.78 is 23.8. The summed E-state index contributed by atoms with van der Waals surface area (Å²) in [5.41, 5.74) is 4.76.